The molecule has 1 saturated heterocycles. The van der Waals surface area contributed by atoms with Crippen molar-refractivity contribution >= 4 is 23.8 Å². The highest BCUT2D eigenvalue weighted by atomic mass is 16.7. The molecule has 1 N–H and O–H groups in total. The molecule has 1 fully saturated rings. The van der Waals surface area contributed by atoms with E-state index in [1.54, 1.807) is 13.8 Å². The van der Waals surface area contributed by atoms with E-state index in [1.165, 1.54) is 27.7 Å². The maximum Gasteiger partial charge on any atom is 0.303 e. The van der Waals surface area contributed by atoms with Crippen molar-refractivity contribution in [2.45, 2.75) is 78.3 Å². The van der Waals surface area contributed by atoms with Crippen molar-refractivity contribution in [3.05, 3.63) is 0 Å². The number of amides is 1. The second-order valence-corrected chi connectivity index (χ2v) is 6.40. The summed E-state index contributed by atoms with van der Waals surface area (Å²) in [5, 5.41) is 2.62. The number of rotatable bonds is 7. The average molecular weight is 389 g/mol. The lowest BCUT2D eigenvalue weighted by Crippen LogP contribution is -2.66. The van der Waals surface area contributed by atoms with Gasteiger partial charge >= 0.3 is 17.9 Å². The number of carbonyl (C=O) groups excluding carboxylic acids is 4. The fourth-order valence-corrected chi connectivity index (χ4v) is 2.68. The number of esters is 3. The third kappa shape index (κ3) is 7.51. The van der Waals surface area contributed by atoms with Crippen molar-refractivity contribution in [1.29, 1.82) is 0 Å². The van der Waals surface area contributed by atoms with Gasteiger partial charge in [0.2, 0.25) is 5.91 Å². The zero-order valence-electron chi connectivity index (χ0n) is 16.3. The number of hydrogen-bond acceptors (Lipinski definition) is 9. The zero-order chi connectivity index (χ0) is 20.7. The molecule has 0 spiro atoms. The Morgan fingerprint density at radius 1 is 0.926 bits per heavy atom. The average Bonchev–Trinajstić information content (AvgIpc) is 2.49. The van der Waals surface area contributed by atoms with Crippen LogP contribution < -0.4 is 5.32 Å². The van der Waals surface area contributed by atoms with Gasteiger partial charge < -0.3 is 29.0 Å². The third-order valence-electron chi connectivity index (χ3n) is 3.48. The van der Waals surface area contributed by atoms with Crippen LogP contribution in [0.15, 0.2) is 0 Å². The van der Waals surface area contributed by atoms with Crippen LogP contribution in [0.1, 0.15) is 41.5 Å². The van der Waals surface area contributed by atoms with Crippen molar-refractivity contribution in [3.8, 4) is 0 Å². The van der Waals surface area contributed by atoms with E-state index < -0.39 is 54.5 Å². The van der Waals surface area contributed by atoms with Gasteiger partial charge in [-0.1, -0.05) is 0 Å². The Labute approximate surface area is 157 Å². The number of hydrogen-bond donors (Lipinski definition) is 1. The van der Waals surface area contributed by atoms with Gasteiger partial charge in [0.1, 0.15) is 18.8 Å². The van der Waals surface area contributed by atoms with Gasteiger partial charge in [0.05, 0.1) is 6.10 Å². The summed E-state index contributed by atoms with van der Waals surface area (Å²) in [7, 11) is 0. The molecule has 0 aromatic heterocycles. The van der Waals surface area contributed by atoms with Crippen molar-refractivity contribution < 1.29 is 42.9 Å². The van der Waals surface area contributed by atoms with Gasteiger partial charge in [0.25, 0.3) is 0 Å². The molecule has 27 heavy (non-hydrogen) atoms. The Balaban J connectivity index is 3.27. The molecular weight excluding hydrogens is 362 g/mol. The van der Waals surface area contributed by atoms with E-state index >= 15 is 0 Å². The molecule has 0 radical (unpaired) electrons. The van der Waals surface area contributed by atoms with Gasteiger partial charge in [-0.15, -0.1) is 0 Å². The Hall–Kier alpha value is -2.20. The molecule has 10 nitrogen and oxygen atoms in total. The quantitative estimate of drug-likeness (QED) is 0.475. The molecule has 5 atom stereocenters. The Bertz CT molecular complexity index is 563. The van der Waals surface area contributed by atoms with E-state index in [2.05, 4.69) is 5.32 Å². The predicted molar refractivity (Wildman–Crippen MR) is 90.2 cm³/mol. The molecule has 10 heteroatoms. The predicted octanol–water partition coefficient (Wildman–Crippen LogP) is 0.0675. The van der Waals surface area contributed by atoms with Crippen LogP contribution in [0.5, 0.6) is 0 Å². The minimum Gasteiger partial charge on any atom is -0.463 e. The van der Waals surface area contributed by atoms with Crippen LogP contribution in [0.25, 0.3) is 0 Å². The smallest absolute Gasteiger partial charge is 0.303 e. The molecule has 0 saturated carbocycles. The van der Waals surface area contributed by atoms with E-state index in [-0.39, 0.29) is 12.7 Å². The number of ether oxygens (including phenoxy) is 5. The maximum absolute atomic E-state index is 11.7. The normalized spacial score (nSPS) is 27.6. The van der Waals surface area contributed by atoms with Crippen LogP contribution in [-0.4, -0.2) is 67.2 Å². The van der Waals surface area contributed by atoms with Crippen molar-refractivity contribution in [3.63, 3.8) is 0 Å². The van der Waals surface area contributed by atoms with Gasteiger partial charge in [0.15, 0.2) is 18.5 Å². The molecule has 0 unspecified atom stereocenters. The lowest BCUT2D eigenvalue weighted by molar-refractivity contribution is -0.285. The standard InChI is InChI=1S/C17H27NO9/c1-8(2)24-17-14(18-9(3)19)16(26-12(6)22)15(25-11(5)21)13(27-17)7-23-10(4)20/h8,13-17H,7H2,1-6H3,(H,18,19)/t13-,14-,15-,16-,17+/m1/s1. The zero-order valence-corrected chi connectivity index (χ0v) is 16.3. The molecule has 1 aliphatic rings. The first-order valence-electron chi connectivity index (χ1n) is 8.57. The second kappa shape index (κ2) is 10.2. The molecule has 0 aromatic carbocycles. The minimum absolute atomic E-state index is 0.254. The number of nitrogens with one attached hydrogen (secondary N) is 1. The Morgan fingerprint density at radius 2 is 1.48 bits per heavy atom. The minimum atomic E-state index is -1.12. The highest BCUT2D eigenvalue weighted by molar-refractivity contribution is 5.73. The fourth-order valence-electron chi connectivity index (χ4n) is 2.68. The van der Waals surface area contributed by atoms with Crippen LogP contribution in [0.2, 0.25) is 0 Å². The first-order chi connectivity index (χ1) is 12.5. The molecule has 1 heterocycles. The van der Waals surface area contributed by atoms with Crippen molar-refractivity contribution in [1.82, 2.24) is 5.32 Å². The summed E-state index contributed by atoms with van der Waals surface area (Å²) in [6.45, 7) is 8.12. The van der Waals surface area contributed by atoms with Gasteiger partial charge in [-0.2, -0.15) is 0 Å². The van der Waals surface area contributed by atoms with Gasteiger partial charge in [-0.25, -0.2) is 0 Å². The molecule has 0 bridgehead atoms. The molecule has 154 valence electrons. The summed E-state index contributed by atoms with van der Waals surface area (Å²) in [6.07, 6.45) is -4.49. The SMILES string of the molecule is CC(=O)N[C@H]1[C@@H](OC(C)C)O[C@H](COC(C)=O)[C@@H](OC(C)=O)[C@@H]1OC(C)=O. The van der Waals surface area contributed by atoms with Crippen molar-refractivity contribution in [2.75, 3.05) is 6.61 Å². The molecule has 1 amide bonds. The first kappa shape index (κ1) is 22.8. The summed E-state index contributed by atoms with van der Waals surface area (Å²) >= 11 is 0. The van der Waals surface area contributed by atoms with Gasteiger partial charge in [-0.05, 0) is 13.8 Å². The Morgan fingerprint density at radius 3 is 1.93 bits per heavy atom. The highest BCUT2D eigenvalue weighted by Gasteiger charge is 2.51. The monoisotopic (exact) mass is 389 g/mol. The third-order valence-corrected chi connectivity index (χ3v) is 3.48. The molecule has 0 aromatic rings. The topological polar surface area (TPSA) is 126 Å². The van der Waals surface area contributed by atoms with Crippen LogP contribution in [0, 0.1) is 0 Å². The molecule has 1 aliphatic heterocycles. The van der Waals surface area contributed by atoms with E-state index in [0.29, 0.717) is 0 Å². The lowest BCUT2D eigenvalue weighted by Gasteiger charge is -2.45. The second-order valence-electron chi connectivity index (χ2n) is 6.40. The number of carbonyl (C=O) groups is 4. The van der Waals surface area contributed by atoms with E-state index in [1.807, 2.05) is 0 Å². The van der Waals surface area contributed by atoms with E-state index in [9.17, 15) is 19.2 Å². The van der Waals surface area contributed by atoms with E-state index in [4.69, 9.17) is 23.7 Å². The van der Waals surface area contributed by atoms with Crippen LogP contribution in [-0.2, 0) is 42.9 Å². The summed E-state index contributed by atoms with van der Waals surface area (Å²) in [5.74, 6) is -2.28. The molecule has 0 aliphatic carbocycles. The molecular formula is C17H27NO9. The lowest BCUT2D eigenvalue weighted by atomic mass is 9.96. The molecule has 1 rings (SSSR count). The van der Waals surface area contributed by atoms with Crippen LogP contribution in [0.4, 0.5) is 0 Å². The first-order valence-corrected chi connectivity index (χ1v) is 8.57. The summed E-state index contributed by atoms with van der Waals surface area (Å²) < 4.78 is 27.1. The maximum atomic E-state index is 11.7. The van der Waals surface area contributed by atoms with Gasteiger partial charge in [-0.3, -0.25) is 19.2 Å². The summed E-state index contributed by atoms with van der Waals surface area (Å²) in [6, 6.07) is -0.938. The summed E-state index contributed by atoms with van der Waals surface area (Å²) in [4.78, 5) is 46.0. The summed E-state index contributed by atoms with van der Waals surface area (Å²) in [5.41, 5.74) is 0. The van der Waals surface area contributed by atoms with Crippen LogP contribution in [0.3, 0.4) is 0 Å². The van der Waals surface area contributed by atoms with Crippen molar-refractivity contribution in [2.24, 2.45) is 0 Å². The van der Waals surface area contributed by atoms with Gasteiger partial charge in [0, 0.05) is 27.7 Å². The Kier molecular flexibility index (Phi) is 8.64. The fraction of sp³-hybridized carbons (Fsp3) is 0.765. The van der Waals surface area contributed by atoms with E-state index in [0.717, 1.165) is 0 Å². The highest BCUT2D eigenvalue weighted by Crippen LogP contribution is 2.28. The largest absolute Gasteiger partial charge is 0.463 e. The van der Waals surface area contributed by atoms with Crippen LogP contribution >= 0.6 is 0 Å².